The summed E-state index contributed by atoms with van der Waals surface area (Å²) in [5.41, 5.74) is 1.10. The second-order valence-electron chi connectivity index (χ2n) is 3.79. The minimum absolute atomic E-state index is 0.280. The SMILES string of the molecule is O[CH]c1cc(OC(F)(F)F)cc(C2CC2)c1. The smallest absolute Gasteiger partial charge is 0.406 e. The zero-order chi connectivity index (χ0) is 11.8. The van der Waals surface area contributed by atoms with E-state index in [9.17, 15) is 13.2 Å². The molecule has 1 N–H and O–H groups in total. The fourth-order valence-corrected chi connectivity index (χ4v) is 1.57. The first-order valence-electron chi connectivity index (χ1n) is 4.86. The van der Waals surface area contributed by atoms with Gasteiger partial charge in [-0.1, -0.05) is 6.07 Å². The first-order valence-corrected chi connectivity index (χ1v) is 4.86. The third-order valence-corrected chi connectivity index (χ3v) is 2.38. The number of alkyl halides is 3. The molecule has 1 aromatic carbocycles. The van der Waals surface area contributed by atoms with Gasteiger partial charge >= 0.3 is 6.36 Å². The zero-order valence-corrected chi connectivity index (χ0v) is 8.29. The first kappa shape index (κ1) is 11.3. The van der Waals surface area contributed by atoms with E-state index in [0.717, 1.165) is 31.1 Å². The Morgan fingerprint density at radius 1 is 1.25 bits per heavy atom. The van der Waals surface area contributed by atoms with Crippen molar-refractivity contribution in [2.24, 2.45) is 0 Å². The Balaban J connectivity index is 2.25. The second-order valence-corrected chi connectivity index (χ2v) is 3.79. The van der Waals surface area contributed by atoms with Crippen LogP contribution in [0.15, 0.2) is 18.2 Å². The molecule has 0 unspecified atom stereocenters. The summed E-state index contributed by atoms with van der Waals surface area (Å²) in [6.07, 6.45) is -2.75. The van der Waals surface area contributed by atoms with Gasteiger partial charge in [-0.3, -0.25) is 0 Å². The number of rotatable bonds is 3. The standard InChI is InChI=1S/C11H10F3O2/c12-11(13,14)16-10-4-7(6-15)3-9(5-10)8-1-2-8/h3-6,8,15H,1-2H2. The molecule has 0 atom stereocenters. The van der Waals surface area contributed by atoms with Gasteiger partial charge in [0.15, 0.2) is 0 Å². The van der Waals surface area contributed by atoms with Crippen molar-refractivity contribution in [2.45, 2.75) is 25.1 Å². The highest BCUT2D eigenvalue weighted by molar-refractivity contribution is 5.39. The normalized spacial score (nSPS) is 16.2. The topological polar surface area (TPSA) is 29.5 Å². The van der Waals surface area contributed by atoms with Crippen LogP contribution in [0.2, 0.25) is 0 Å². The highest BCUT2D eigenvalue weighted by Crippen LogP contribution is 2.42. The van der Waals surface area contributed by atoms with Gasteiger partial charge < -0.3 is 9.84 Å². The molecule has 0 amide bonds. The summed E-state index contributed by atoms with van der Waals surface area (Å²) < 4.78 is 39.9. The van der Waals surface area contributed by atoms with E-state index in [1.807, 2.05) is 0 Å². The van der Waals surface area contributed by atoms with Crippen molar-refractivity contribution in [3.63, 3.8) is 0 Å². The van der Waals surface area contributed by atoms with E-state index in [2.05, 4.69) is 4.74 Å². The highest BCUT2D eigenvalue weighted by atomic mass is 19.4. The van der Waals surface area contributed by atoms with Crippen LogP contribution < -0.4 is 4.74 Å². The van der Waals surface area contributed by atoms with Crippen molar-refractivity contribution < 1.29 is 23.0 Å². The van der Waals surface area contributed by atoms with E-state index >= 15 is 0 Å². The Hall–Kier alpha value is -1.23. The number of hydrogen-bond acceptors (Lipinski definition) is 2. The summed E-state index contributed by atoms with van der Waals surface area (Å²) in [7, 11) is 0. The van der Waals surface area contributed by atoms with Gasteiger partial charge in [0.05, 0.1) is 0 Å². The van der Waals surface area contributed by atoms with Crippen LogP contribution in [0.4, 0.5) is 13.2 Å². The lowest BCUT2D eigenvalue weighted by atomic mass is 10.1. The molecule has 0 saturated heterocycles. The second kappa shape index (κ2) is 3.97. The predicted octanol–water partition coefficient (Wildman–Crippen LogP) is 3.34. The summed E-state index contributed by atoms with van der Waals surface area (Å²) in [5.74, 6) is 0.0210. The fraction of sp³-hybridized carbons (Fsp3) is 0.364. The molecule has 16 heavy (non-hydrogen) atoms. The molecule has 2 nitrogen and oxygen atoms in total. The third kappa shape index (κ3) is 2.88. The number of aliphatic hydroxyl groups is 1. The Morgan fingerprint density at radius 3 is 2.44 bits per heavy atom. The average Bonchev–Trinajstić information content (AvgIpc) is 2.97. The molecule has 1 aliphatic carbocycles. The van der Waals surface area contributed by atoms with Crippen LogP contribution in [0.25, 0.3) is 0 Å². The summed E-state index contributed by atoms with van der Waals surface area (Å²) in [4.78, 5) is 0. The van der Waals surface area contributed by atoms with Crippen LogP contribution in [0.3, 0.4) is 0 Å². The van der Waals surface area contributed by atoms with Crippen LogP contribution in [0.1, 0.15) is 29.9 Å². The van der Waals surface area contributed by atoms with E-state index < -0.39 is 6.36 Å². The Kier molecular flexibility index (Phi) is 2.80. The summed E-state index contributed by atoms with van der Waals surface area (Å²) in [5, 5.41) is 8.83. The van der Waals surface area contributed by atoms with Crippen LogP contribution in [-0.4, -0.2) is 11.5 Å². The number of ether oxygens (including phenoxy) is 1. The molecule has 0 aromatic heterocycles. The summed E-state index contributed by atoms with van der Waals surface area (Å²) >= 11 is 0. The van der Waals surface area contributed by atoms with Crippen molar-refractivity contribution in [2.75, 3.05) is 0 Å². The maximum atomic E-state index is 12.0. The van der Waals surface area contributed by atoms with Crippen molar-refractivity contribution in [1.29, 1.82) is 0 Å². The van der Waals surface area contributed by atoms with Gasteiger partial charge in [0.2, 0.25) is 0 Å². The number of hydrogen-bond donors (Lipinski definition) is 1. The van der Waals surface area contributed by atoms with E-state index in [4.69, 9.17) is 5.11 Å². The predicted molar refractivity (Wildman–Crippen MR) is 50.4 cm³/mol. The van der Waals surface area contributed by atoms with Crippen LogP contribution in [-0.2, 0) is 0 Å². The molecule has 0 aliphatic heterocycles. The lowest BCUT2D eigenvalue weighted by Gasteiger charge is -2.11. The molecule has 0 heterocycles. The summed E-state index contributed by atoms with van der Waals surface area (Å²) in [6.45, 7) is 0.773. The number of aliphatic hydroxyl groups excluding tert-OH is 1. The van der Waals surface area contributed by atoms with Gasteiger partial charge in [0.25, 0.3) is 0 Å². The Morgan fingerprint density at radius 2 is 1.94 bits per heavy atom. The molecule has 1 aromatic rings. The molecule has 1 radical (unpaired) electrons. The van der Waals surface area contributed by atoms with Crippen molar-refractivity contribution in [3.8, 4) is 5.75 Å². The monoisotopic (exact) mass is 231 g/mol. The quantitative estimate of drug-likeness (QED) is 0.864. The molecule has 87 valence electrons. The summed E-state index contributed by atoms with van der Waals surface area (Å²) in [6, 6.07) is 4.19. The van der Waals surface area contributed by atoms with Gasteiger partial charge in [-0.05, 0) is 42.0 Å². The Bertz CT molecular complexity index is 383. The zero-order valence-electron chi connectivity index (χ0n) is 8.29. The molecule has 0 spiro atoms. The van der Waals surface area contributed by atoms with Gasteiger partial charge in [-0.25, -0.2) is 0 Å². The highest BCUT2D eigenvalue weighted by Gasteiger charge is 2.32. The maximum absolute atomic E-state index is 12.0. The van der Waals surface area contributed by atoms with E-state index in [1.165, 1.54) is 6.07 Å². The lowest BCUT2D eigenvalue weighted by molar-refractivity contribution is -0.274. The van der Waals surface area contributed by atoms with Crippen molar-refractivity contribution >= 4 is 0 Å². The van der Waals surface area contributed by atoms with Crippen LogP contribution >= 0.6 is 0 Å². The van der Waals surface area contributed by atoms with Gasteiger partial charge in [-0.2, -0.15) is 0 Å². The molecular weight excluding hydrogens is 221 g/mol. The molecule has 1 saturated carbocycles. The van der Waals surface area contributed by atoms with Crippen molar-refractivity contribution in [1.82, 2.24) is 0 Å². The van der Waals surface area contributed by atoms with E-state index in [-0.39, 0.29) is 5.75 Å². The third-order valence-electron chi connectivity index (χ3n) is 2.38. The minimum atomic E-state index is -4.70. The van der Waals surface area contributed by atoms with Crippen molar-refractivity contribution in [3.05, 3.63) is 35.9 Å². The fourth-order valence-electron chi connectivity index (χ4n) is 1.57. The molecule has 1 aliphatic rings. The Labute approximate surface area is 90.7 Å². The average molecular weight is 231 g/mol. The molecular formula is C11H10F3O2. The minimum Gasteiger partial charge on any atom is -0.406 e. The number of benzene rings is 1. The number of halogens is 3. The van der Waals surface area contributed by atoms with Gasteiger partial charge in [-0.15, -0.1) is 13.2 Å². The lowest BCUT2D eigenvalue weighted by Crippen LogP contribution is -2.17. The molecule has 5 heteroatoms. The molecule has 0 bridgehead atoms. The van der Waals surface area contributed by atoms with Gasteiger partial charge in [0.1, 0.15) is 12.4 Å². The largest absolute Gasteiger partial charge is 0.573 e. The van der Waals surface area contributed by atoms with Gasteiger partial charge in [0, 0.05) is 0 Å². The van der Waals surface area contributed by atoms with E-state index in [1.54, 1.807) is 6.07 Å². The van der Waals surface area contributed by atoms with Crippen LogP contribution in [0.5, 0.6) is 5.75 Å². The molecule has 2 rings (SSSR count). The molecule has 1 fully saturated rings. The first-order chi connectivity index (χ1) is 7.48. The van der Waals surface area contributed by atoms with E-state index in [0.29, 0.717) is 11.5 Å². The van der Waals surface area contributed by atoms with Crippen LogP contribution in [0, 0.1) is 6.61 Å². The maximum Gasteiger partial charge on any atom is 0.573 e.